The van der Waals surface area contributed by atoms with E-state index < -0.39 is 6.29 Å². The zero-order chi connectivity index (χ0) is 14.1. The maximum atomic E-state index is 10.6. The summed E-state index contributed by atoms with van der Waals surface area (Å²) in [6.45, 7) is 5.51. The Bertz CT molecular complexity index is 383. The molecule has 1 aromatic rings. The van der Waals surface area contributed by atoms with E-state index in [1.807, 2.05) is 32.0 Å². The number of rotatable bonds is 9. The van der Waals surface area contributed by atoms with Gasteiger partial charge in [0.25, 0.3) is 6.47 Å². The van der Waals surface area contributed by atoms with Crippen molar-refractivity contribution >= 4 is 18.1 Å². The average Bonchev–Trinajstić information content (AvgIpc) is 2.41. The molecule has 0 aliphatic carbocycles. The molecule has 0 fully saturated rings. The minimum atomic E-state index is -0.700. The van der Waals surface area contributed by atoms with Crippen LogP contribution in [0.3, 0.4) is 0 Å². The van der Waals surface area contributed by atoms with E-state index in [4.69, 9.17) is 25.8 Å². The Morgan fingerprint density at radius 1 is 1.26 bits per heavy atom. The monoisotopic (exact) mass is 286 g/mol. The first kappa shape index (κ1) is 16.0. The zero-order valence-electron chi connectivity index (χ0n) is 11.2. The summed E-state index contributed by atoms with van der Waals surface area (Å²) in [5, 5.41) is 0.603. The van der Waals surface area contributed by atoms with Gasteiger partial charge >= 0.3 is 0 Å². The number of hydrogen-bond acceptors (Lipinski definition) is 4. The van der Waals surface area contributed by atoms with E-state index in [9.17, 15) is 4.79 Å². The van der Waals surface area contributed by atoms with Crippen molar-refractivity contribution in [1.82, 2.24) is 0 Å². The lowest BCUT2D eigenvalue weighted by atomic mass is 9.99. The number of ether oxygens (including phenoxy) is 3. The Morgan fingerprint density at radius 2 is 2.00 bits per heavy atom. The van der Waals surface area contributed by atoms with Gasteiger partial charge in [0.05, 0.1) is 12.5 Å². The summed E-state index contributed by atoms with van der Waals surface area (Å²) in [4.78, 5) is 10.6. The van der Waals surface area contributed by atoms with Crippen LogP contribution >= 0.6 is 11.6 Å². The zero-order valence-corrected chi connectivity index (χ0v) is 11.9. The third-order valence-corrected chi connectivity index (χ3v) is 3.00. The van der Waals surface area contributed by atoms with E-state index in [0.29, 0.717) is 31.3 Å². The van der Waals surface area contributed by atoms with Crippen molar-refractivity contribution in [2.45, 2.75) is 26.1 Å². The van der Waals surface area contributed by atoms with Crippen LogP contribution in [0.4, 0.5) is 0 Å². The highest BCUT2D eigenvalue weighted by molar-refractivity contribution is 6.31. The van der Waals surface area contributed by atoms with Gasteiger partial charge in [-0.1, -0.05) is 29.8 Å². The lowest BCUT2D eigenvalue weighted by molar-refractivity contribution is -0.172. The highest BCUT2D eigenvalue weighted by Gasteiger charge is 2.27. The molecule has 0 spiro atoms. The summed E-state index contributed by atoms with van der Waals surface area (Å²) in [5.74, 6) is -0.251. The molecule has 2 atom stereocenters. The first-order valence-corrected chi connectivity index (χ1v) is 6.65. The van der Waals surface area contributed by atoms with Gasteiger partial charge in [-0.05, 0) is 25.5 Å². The fourth-order valence-electron chi connectivity index (χ4n) is 1.80. The molecule has 0 amide bonds. The molecule has 2 unspecified atom stereocenters. The first-order chi connectivity index (χ1) is 9.24. The predicted octanol–water partition coefficient (Wildman–Crippen LogP) is 3.00. The molecule has 0 radical (unpaired) electrons. The van der Waals surface area contributed by atoms with Gasteiger partial charge in [0.1, 0.15) is 0 Å². The topological polar surface area (TPSA) is 44.8 Å². The van der Waals surface area contributed by atoms with Crippen molar-refractivity contribution in [2.75, 3.05) is 19.8 Å². The predicted molar refractivity (Wildman–Crippen MR) is 73.2 cm³/mol. The van der Waals surface area contributed by atoms with Crippen molar-refractivity contribution in [2.24, 2.45) is 0 Å². The van der Waals surface area contributed by atoms with Crippen LogP contribution in [0.15, 0.2) is 24.3 Å². The molecule has 0 saturated carbocycles. The van der Waals surface area contributed by atoms with Gasteiger partial charge in [-0.2, -0.15) is 0 Å². The average molecular weight is 287 g/mol. The summed E-state index contributed by atoms with van der Waals surface area (Å²) in [6, 6.07) is 7.40. The van der Waals surface area contributed by atoms with E-state index in [2.05, 4.69) is 0 Å². The fourth-order valence-corrected chi connectivity index (χ4v) is 2.08. The van der Waals surface area contributed by atoms with Gasteiger partial charge in [0.2, 0.25) is 6.29 Å². The van der Waals surface area contributed by atoms with Gasteiger partial charge in [-0.25, -0.2) is 0 Å². The molecule has 5 heteroatoms. The van der Waals surface area contributed by atoms with Gasteiger partial charge in [-0.15, -0.1) is 0 Å². The second-order valence-corrected chi connectivity index (χ2v) is 4.25. The molecule has 0 aromatic heterocycles. The van der Waals surface area contributed by atoms with Crippen molar-refractivity contribution in [3.05, 3.63) is 34.9 Å². The highest BCUT2D eigenvalue weighted by Crippen LogP contribution is 2.29. The molecule has 1 rings (SSSR count). The fraction of sp³-hybridized carbons (Fsp3) is 0.500. The van der Waals surface area contributed by atoms with Crippen molar-refractivity contribution in [3.8, 4) is 0 Å². The molecule has 19 heavy (non-hydrogen) atoms. The van der Waals surface area contributed by atoms with Gasteiger partial charge in [0.15, 0.2) is 0 Å². The summed E-state index contributed by atoms with van der Waals surface area (Å²) in [5.41, 5.74) is 0.845. The third kappa shape index (κ3) is 4.82. The van der Waals surface area contributed by atoms with Crippen LogP contribution in [0.5, 0.6) is 0 Å². The second kappa shape index (κ2) is 8.91. The van der Waals surface area contributed by atoms with Crippen molar-refractivity contribution in [3.63, 3.8) is 0 Å². The molecular formula is C14H19ClO4. The van der Waals surface area contributed by atoms with E-state index in [1.165, 1.54) is 0 Å². The SMILES string of the molecule is CCOCC(c1ccccc1Cl)C(OC=O)OCC. The molecule has 1 aromatic carbocycles. The Kier molecular flexibility index (Phi) is 7.48. The summed E-state index contributed by atoms with van der Waals surface area (Å²) >= 11 is 6.19. The van der Waals surface area contributed by atoms with E-state index in [0.717, 1.165) is 5.56 Å². The molecule has 0 saturated heterocycles. The normalized spacial score (nSPS) is 13.8. The van der Waals surface area contributed by atoms with E-state index >= 15 is 0 Å². The van der Waals surface area contributed by atoms with Gasteiger partial charge in [-0.3, -0.25) is 4.79 Å². The number of carbonyl (C=O) groups is 1. The standard InChI is InChI=1S/C14H19ClO4/c1-3-17-9-12(14(18-4-2)19-10-16)11-7-5-6-8-13(11)15/h5-8,10,12,14H,3-4,9H2,1-2H3. The Labute approximate surface area is 118 Å². The first-order valence-electron chi connectivity index (χ1n) is 6.27. The number of hydrogen-bond donors (Lipinski definition) is 0. The molecule has 106 valence electrons. The van der Waals surface area contributed by atoms with Crippen LogP contribution in [0, 0.1) is 0 Å². The van der Waals surface area contributed by atoms with Crippen LogP contribution < -0.4 is 0 Å². The van der Waals surface area contributed by atoms with Crippen LogP contribution in [-0.4, -0.2) is 32.6 Å². The Morgan fingerprint density at radius 3 is 2.58 bits per heavy atom. The Hall–Kier alpha value is -1.10. The largest absolute Gasteiger partial charge is 0.437 e. The van der Waals surface area contributed by atoms with Crippen LogP contribution in [0.2, 0.25) is 5.02 Å². The molecule has 0 bridgehead atoms. The summed E-state index contributed by atoms with van der Waals surface area (Å²) in [6.07, 6.45) is -0.700. The number of carbonyl (C=O) groups excluding carboxylic acids is 1. The van der Waals surface area contributed by atoms with E-state index in [1.54, 1.807) is 6.07 Å². The molecule has 0 aliphatic heterocycles. The molecule has 0 aliphatic rings. The molecule has 0 N–H and O–H groups in total. The van der Waals surface area contributed by atoms with Gasteiger partial charge in [0, 0.05) is 18.2 Å². The smallest absolute Gasteiger partial charge is 0.295 e. The number of halogens is 1. The van der Waals surface area contributed by atoms with Crippen molar-refractivity contribution in [1.29, 1.82) is 0 Å². The highest BCUT2D eigenvalue weighted by atomic mass is 35.5. The van der Waals surface area contributed by atoms with Crippen LogP contribution in [-0.2, 0) is 19.0 Å². The maximum Gasteiger partial charge on any atom is 0.295 e. The minimum Gasteiger partial charge on any atom is -0.437 e. The van der Waals surface area contributed by atoms with Crippen LogP contribution in [0.1, 0.15) is 25.3 Å². The quantitative estimate of drug-likeness (QED) is 0.517. The van der Waals surface area contributed by atoms with E-state index in [-0.39, 0.29) is 5.92 Å². The lowest BCUT2D eigenvalue weighted by Gasteiger charge is -2.26. The molecule has 0 heterocycles. The summed E-state index contributed by atoms with van der Waals surface area (Å²) in [7, 11) is 0. The maximum absolute atomic E-state index is 10.6. The summed E-state index contributed by atoms with van der Waals surface area (Å²) < 4.78 is 15.9. The number of benzene rings is 1. The van der Waals surface area contributed by atoms with Crippen LogP contribution in [0.25, 0.3) is 0 Å². The lowest BCUT2D eigenvalue weighted by Crippen LogP contribution is -2.29. The van der Waals surface area contributed by atoms with Crippen molar-refractivity contribution < 1.29 is 19.0 Å². The molecular weight excluding hydrogens is 268 g/mol. The Balaban J connectivity index is 2.97. The second-order valence-electron chi connectivity index (χ2n) is 3.84. The van der Waals surface area contributed by atoms with Gasteiger partial charge < -0.3 is 14.2 Å². The minimum absolute atomic E-state index is 0.251. The third-order valence-electron chi connectivity index (χ3n) is 2.66. The molecule has 4 nitrogen and oxygen atoms in total.